The molecule has 0 aliphatic heterocycles. The van der Waals surface area contributed by atoms with E-state index in [-0.39, 0.29) is 0 Å². The van der Waals surface area contributed by atoms with Gasteiger partial charge in [0.15, 0.2) is 0 Å². The second-order valence-corrected chi connectivity index (χ2v) is 6.36. The summed E-state index contributed by atoms with van der Waals surface area (Å²) in [6.07, 6.45) is 5.53. The van der Waals surface area contributed by atoms with E-state index in [4.69, 9.17) is 17.3 Å². The monoisotopic (exact) mass is 315 g/mol. The molecule has 3 nitrogen and oxygen atoms in total. The molecule has 4 heteroatoms. The normalized spacial score (nSPS) is 14.3. The lowest BCUT2D eigenvalue weighted by molar-refractivity contribution is 0.670. The number of nitrogens with two attached hydrogens (primary N) is 1. The number of nitrogens with one attached hydrogen (secondary N) is 1. The van der Waals surface area contributed by atoms with Gasteiger partial charge in [0.2, 0.25) is 0 Å². The first-order chi connectivity index (χ1) is 10.7. The Bertz CT molecular complexity index is 665. The third-order valence-corrected chi connectivity index (χ3v) is 4.31. The Morgan fingerprint density at radius 1 is 1.36 bits per heavy atom. The van der Waals surface area contributed by atoms with Gasteiger partial charge in [0.05, 0.1) is 0 Å². The summed E-state index contributed by atoms with van der Waals surface area (Å²) in [6.45, 7) is 4.04. The van der Waals surface area contributed by atoms with Crippen molar-refractivity contribution in [2.45, 2.75) is 38.6 Å². The molecule has 0 saturated heterocycles. The van der Waals surface area contributed by atoms with Crippen LogP contribution in [0.2, 0.25) is 5.02 Å². The number of nitrogen functional groups attached to an aromatic ring is 1. The highest BCUT2D eigenvalue weighted by molar-refractivity contribution is 6.30. The number of rotatable bonds is 6. The molecule has 1 saturated carbocycles. The quantitative estimate of drug-likeness (QED) is 0.779. The van der Waals surface area contributed by atoms with Gasteiger partial charge in [0.1, 0.15) is 5.82 Å². The third kappa shape index (κ3) is 3.26. The minimum Gasteiger partial charge on any atom is -0.383 e. The van der Waals surface area contributed by atoms with E-state index in [1.165, 1.54) is 24.0 Å². The molecule has 0 atom stereocenters. The Morgan fingerprint density at radius 3 is 2.86 bits per heavy atom. The van der Waals surface area contributed by atoms with Crippen LogP contribution in [0.5, 0.6) is 0 Å². The standard InChI is InChI=1S/C18H22ClN3/c1-2-8-21-10-14-11-22-18(20)17(16(14)12-6-7-12)13-4-3-5-15(19)9-13/h3-5,9,11-12,21H,2,6-8,10H2,1H3,(H2,20,22). The topological polar surface area (TPSA) is 50.9 Å². The zero-order valence-corrected chi connectivity index (χ0v) is 13.7. The maximum Gasteiger partial charge on any atom is 0.131 e. The summed E-state index contributed by atoms with van der Waals surface area (Å²) in [7, 11) is 0. The van der Waals surface area contributed by atoms with Crippen LogP contribution in [-0.2, 0) is 6.54 Å². The molecule has 0 amide bonds. The lowest BCUT2D eigenvalue weighted by Gasteiger charge is -2.17. The second kappa shape index (κ2) is 6.67. The molecule has 1 heterocycles. The molecule has 0 spiro atoms. The van der Waals surface area contributed by atoms with Gasteiger partial charge < -0.3 is 11.1 Å². The third-order valence-electron chi connectivity index (χ3n) is 4.07. The van der Waals surface area contributed by atoms with Gasteiger partial charge in [-0.2, -0.15) is 0 Å². The highest BCUT2D eigenvalue weighted by Crippen LogP contribution is 2.47. The van der Waals surface area contributed by atoms with Crippen molar-refractivity contribution in [3.05, 3.63) is 46.6 Å². The van der Waals surface area contributed by atoms with Gasteiger partial charge in [-0.25, -0.2) is 4.98 Å². The first kappa shape index (κ1) is 15.3. The van der Waals surface area contributed by atoms with Crippen LogP contribution in [0.15, 0.2) is 30.5 Å². The summed E-state index contributed by atoms with van der Waals surface area (Å²) < 4.78 is 0. The van der Waals surface area contributed by atoms with Crippen LogP contribution >= 0.6 is 11.6 Å². The van der Waals surface area contributed by atoms with Crippen molar-refractivity contribution in [1.29, 1.82) is 0 Å². The molecule has 22 heavy (non-hydrogen) atoms. The van der Waals surface area contributed by atoms with E-state index in [0.29, 0.717) is 11.7 Å². The van der Waals surface area contributed by atoms with Gasteiger partial charge in [-0.15, -0.1) is 0 Å². The van der Waals surface area contributed by atoms with Crippen LogP contribution in [0.3, 0.4) is 0 Å². The number of nitrogens with zero attached hydrogens (tertiary/aromatic N) is 1. The van der Waals surface area contributed by atoms with Crippen molar-refractivity contribution in [1.82, 2.24) is 10.3 Å². The summed E-state index contributed by atoms with van der Waals surface area (Å²) in [5.41, 5.74) is 11.0. The van der Waals surface area contributed by atoms with Gasteiger partial charge >= 0.3 is 0 Å². The predicted molar refractivity (Wildman–Crippen MR) is 93.1 cm³/mol. The molecule has 0 radical (unpaired) electrons. The smallest absolute Gasteiger partial charge is 0.131 e. The van der Waals surface area contributed by atoms with Crippen LogP contribution in [0.4, 0.5) is 5.82 Å². The molecule has 1 aromatic carbocycles. The maximum absolute atomic E-state index is 6.22. The van der Waals surface area contributed by atoms with Gasteiger partial charge in [-0.3, -0.25) is 0 Å². The number of benzene rings is 1. The Balaban J connectivity index is 2.05. The Labute approximate surface area is 136 Å². The first-order valence-corrected chi connectivity index (χ1v) is 8.32. The van der Waals surface area contributed by atoms with Gasteiger partial charge in [-0.05, 0) is 60.5 Å². The highest BCUT2D eigenvalue weighted by atomic mass is 35.5. The Morgan fingerprint density at radius 2 is 2.18 bits per heavy atom. The van der Waals surface area contributed by atoms with Crippen LogP contribution in [-0.4, -0.2) is 11.5 Å². The summed E-state index contributed by atoms with van der Waals surface area (Å²) in [6, 6.07) is 7.90. The van der Waals surface area contributed by atoms with E-state index in [1.807, 2.05) is 24.4 Å². The predicted octanol–water partition coefficient (Wildman–Crippen LogP) is 4.36. The minimum absolute atomic E-state index is 0.600. The molecule has 3 rings (SSSR count). The summed E-state index contributed by atoms with van der Waals surface area (Å²) in [4.78, 5) is 4.43. The SMILES string of the molecule is CCCNCc1cnc(N)c(-c2cccc(Cl)c2)c1C1CC1. The van der Waals surface area contributed by atoms with Crippen molar-refractivity contribution in [2.24, 2.45) is 0 Å². The lowest BCUT2D eigenvalue weighted by atomic mass is 9.93. The van der Waals surface area contributed by atoms with Crippen molar-refractivity contribution in [3.63, 3.8) is 0 Å². The van der Waals surface area contributed by atoms with Crippen molar-refractivity contribution in [2.75, 3.05) is 12.3 Å². The van der Waals surface area contributed by atoms with Gasteiger partial charge in [-0.1, -0.05) is 30.7 Å². The number of halogens is 1. The van der Waals surface area contributed by atoms with E-state index in [2.05, 4.69) is 23.3 Å². The van der Waals surface area contributed by atoms with Gasteiger partial charge in [0, 0.05) is 23.3 Å². The number of hydrogen-bond donors (Lipinski definition) is 2. The Kier molecular flexibility index (Phi) is 4.65. The fourth-order valence-electron chi connectivity index (χ4n) is 2.91. The highest BCUT2D eigenvalue weighted by Gasteiger charge is 2.30. The van der Waals surface area contributed by atoms with Crippen molar-refractivity contribution in [3.8, 4) is 11.1 Å². The average molecular weight is 316 g/mol. The summed E-state index contributed by atoms with van der Waals surface area (Å²) >= 11 is 6.16. The lowest BCUT2D eigenvalue weighted by Crippen LogP contribution is -2.16. The fourth-order valence-corrected chi connectivity index (χ4v) is 3.10. The van der Waals surface area contributed by atoms with E-state index < -0.39 is 0 Å². The average Bonchev–Trinajstić information content (AvgIpc) is 3.33. The van der Waals surface area contributed by atoms with Crippen LogP contribution in [0, 0.1) is 0 Å². The van der Waals surface area contributed by atoms with Gasteiger partial charge in [0.25, 0.3) is 0 Å². The van der Waals surface area contributed by atoms with Crippen LogP contribution in [0.25, 0.3) is 11.1 Å². The molecule has 1 fully saturated rings. The van der Waals surface area contributed by atoms with E-state index in [1.54, 1.807) is 0 Å². The van der Waals surface area contributed by atoms with Crippen LogP contribution < -0.4 is 11.1 Å². The molecule has 0 bridgehead atoms. The fraction of sp³-hybridized carbons (Fsp3) is 0.389. The Hall–Kier alpha value is -1.58. The molecular formula is C18H22ClN3. The molecule has 3 N–H and O–H groups in total. The van der Waals surface area contributed by atoms with E-state index in [9.17, 15) is 0 Å². The number of anilines is 1. The van der Waals surface area contributed by atoms with E-state index >= 15 is 0 Å². The summed E-state index contributed by atoms with van der Waals surface area (Å²) in [5, 5.41) is 4.21. The molecule has 0 unspecified atom stereocenters. The molecule has 116 valence electrons. The molecule has 2 aromatic rings. The molecule has 1 aliphatic carbocycles. The molecular weight excluding hydrogens is 294 g/mol. The number of hydrogen-bond acceptors (Lipinski definition) is 3. The van der Waals surface area contributed by atoms with E-state index in [0.717, 1.165) is 35.7 Å². The summed E-state index contributed by atoms with van der Waals surface area (Å²) in [5.74, 6) is 1.21. The zero-order chi connectivity index (χ0) is 15.5. The largest absolute Gasteiger partial charge is 0.383 e. The van der Waals surface area contributed by atoms with Crippen LogP contribution in [0.1, 0.15) is 43.2 Å². The number of aromatic nitrogens is 1. The zero-order valence-electron chi connectivity index (χ0n) is 12.9. The second-order valence-electron chi connectivity index (χ2n) is 5.92. The van der Waals surface area contributed by atoms with Crippen molar-refractivity contribution >= 4 is 17.4 Å². The number of pyridine rings is 1. The van der Waals surface area contributed by atoms with Crippen molar-refractivity contribution < 1.29 is 0 Å². The first-order valence-electron chi connectivity index (χ1n) is 7.94. The maximum atomic E-state index is 6.22. The molecule has 1 aliphatic rings. The molecule has 1 aromatic heterocycles. The minimum atomic E-state index is 0.600.